The van der Waals surface area contributed by atoms with Crippen molar-refractivity contribution >= 4 is 11.9 Å². The van der Waals surface area contributed by atoms with Crippen LogP contribution in [0.3, 0.4) is 0 Å². The van der Waals surface area contributed by atoms with Crippen molar-refractivity contribution in [3.05, 3.63) is 65.9 Å². The normalized spacial score (nSPS) is 11.9. The number of carboxylic acid groups (broad SMARTS) is 1. The summed E-state index contributed by atoms with van der Waals surface area (Å²) in [5, 5.41) is 42.2. The van der Waals surface area contributed by atoms with Gasteiger partial charge in [-0.25, -0.2) is 9.80 Å². The molecule has 3 aromatic rings. The predicted molar refractivity (Wildman–Crippen MR) is 103 cm³/mol. The van der Waals surface area contributed by atoms with Crippen molar-refractivity contribution in [3.63, 3.8) is 0 Å². The van der Waals surface area contributed by atoms with Crippen molar-refractivity contribution < 1.29 is 34.5 Å². The Hall–Kier alpha value is -3.89. The van der Waals surface area contributed by atoms with E-state index in [-0.39, 0.29) is 18.1 Å². The summed E-state index contributed by atoms with van der Waals surface area (Å²) in [5.74, 6) is -2.83. The molecule has 0 saturated heterocycles. The van der Waals surface area contributed by atoms with Crippen molar-refractivity contribution in [1.82, 2.24) is 15.6 Å². The van der Waals surface area contributed by atoms with E-state index in [2.05, 4.69) is 15.1 Å². The van der Waals surface area contributed by atoms with E-state index in [1.54, 1.807) is 48.5 Å². The Morgan fingerprint density at radius 3 is 2.40 bits per heavy atom. The number of carboxylic acids is 1. The van der Waals surface area contributed by atoms with Crippen molar-refractivity contribution in [1.29, 1.82) is 0 Å². The number of aromatic hydroxyl groups is 2. The zero-order valence-electron chi connectivity index (χ0n) is 15.6. The molecule has 0 bridgehead atoms. The number of carbonyl (C=O) groups excluding carboxylic acids is 1. The Bertz CT molecular complexity index is 1030. The third kappa shape index (κ3) is 5.13. The Morgan fingerprint density at radius 2 is 1.80 bits per heavy atom. The Balaban J connectivity index is 1.75. The van der Waals surface area contributed by atoms with Gasteiger partial charge in [0.15, 0.2) is 6.10 Å². The van der Waals surface area contributed by atoms with E-state index < -0.39 is 30.4 Å². The molecule has 0 saturated carbocycles. The molecule has 30 heavy (non-hydrogen) atoms. The Kier molecular flexibility index (Phi) is 6.30. The van der Waals surface area contributed by atoms with Gasteiger partial charge in [-0.15, -0.1) is 0 Å². The molecule has 1 heterocycles. The number of para-hydroxylation sites is 1. The minimum Gasteiger partial charge on any atom is -0.507 e. The summed E-state index contributed by atoms with van der Waals surface area (Å²) in [6.07, 6.45) is -1.74. The van der Waals surface area contributed by atoms with E-state index >= 15 is 0 Å². The average molecular weight is 413 g/mol. The third-order valence-corrected chi connectivity index (χ3v) is 4.20. The second kappa shape index (κ2) is 9.07. The molecule has 0 fully saturated rings. The van der Waals surface area contributed by atoms with Gasteiger partial charge in [0.05, 0.1) is 12.6 Å². The summed E-state index contributed by atoms with van der Waals surface area (Å²) >= 11 is 0. The highest BCUT2D eigenvalue weighted by Crippen LogP contribution is 2.28. The van der Waals surface area contributed by atoms with Crippen molar-refractivity contribution in [2.75, 3.05) is 6.54 Å². The third-order valence-electron chi connectivity index (χ3n) is 4.20. The van der Waals surface area contributed by atoms with Crippen molar-refractivity contribution in [3.8, 4) is 22.8 Å². The Labute approximate surface area is 170 Å². The number of aliphatic carboxylic acids is 1. The summed E-state index contributed by atoms with van der Waals surface area (Å²) in [7, 11) is 0. The van der Waals surface area contributed by atoms with Crippen LogP contribution in [0.15, 0.2) is 59.1 Å². The zero-order valence-corrected chi connectivity index (χ0v) is 15.6. The van der Waals surface area contributed by atoms with Gasteiger partial charge in [0.1, 0.15) is 5.75 Å². The largest absolute Gasteiger partial charge is 0.507 e. The fourth-order valence-corrected chi connectivity index (χ4v) is 2.74. The number of hydrazine groups is 1. The molecule has 1 aromatic heterocycles. The van der Waals surface area contributed by atoms with Crippen LogP contribution in [-0.4, -0.2) is 55.1 Å². The van der Waals surface area contributed by atoms with E-state index in [9.17, 15) is 24.9 Å². The average Bonchev–Trinajstić information content (AvgIpc) is 3.15. The number of aromatic nitrogens is 1. The zero-order chi connectivity index (χ0) is 21.7. The van der Waals surface area contributed by atoms with Gasteiger partial charge < -0.3 is 24.9 Å². The standard InChI is InChI=1S/C20H19N3O7/c24-15-4-2-1-3-14(15)13-7-5-12(6-8-13)10-23(11-16(25)20(28)29)21-19(27)17-9-18(26)22-30-17/h1-9,16,24-25H,10-11H2,(H,21,27)(H,22,26)(H,28,29). The van der Waals surface area contributed by atoms with Gasteiger partial charge >= 0.3 is 11.9 Å². The minimum absolute atomic E-state index is 0.0667. The number of rotatable bonds is 8. The molecule has 1 unspecified atom stereocenters. The summed E-state index contributed by atoms with van der Waals surface area (Å²) in [5.41, 5.74) is 4.55. The van der Waals surface area contributed by atoms with Crippen LogP contribution in [0.2, 0.25) is 0 Å². The molecule has 0 aliphatic carbocycles. The first-order chi connectivity index (χ1) is 14.3. The molecular weight excluding hydrogens is 394 g/mol. The second-order valence-corrected chi connectivity index (χ2v) is 6.44. The summed E-state index contributed by atoms with van der Waals surface area (Å²) in [4.78, 5) is 23.2. The maximum Gasteiger partial charge on any atom is 0.333 e. The van der Waals surface area contributed by atoms with Gasteiger partial charge in [0.2, 0.25) is 5.76 Å². The highest BCUT2D eigenvalue weighted by Gasteiger charge is 2.22. The van der Waals surface area contributed by atoms with Gasteiger partial charge in [-0.2, -0.15) is 0 Å². The number of hydrogen-bond acceptors (Lipinski definition) is 8. The number of hydrogen-bond donors (Lipinski definition) is 5. The van der Waals surface area contributed by atoms with Crippen LogP contribution in [0.4, 0.5) is 0 Å². The van der Waals surface area contributed by atoms with Crippen LogP contribution in [0.5, 0.6) is 11.6 Å². The molecule has 5 N–H and O–H groups in total. The quantitative estimate of drug-likeness (QED) is 0.344. The smallest absolute Gasteiger partial charge is 0.333 e. The fourth-order valence-electron chi connectivity index (χ4n) is 2.74. The SMILES string of the molecule is O=C(NN(Cc1ccc(-c2ccccc2O)cc1)CC(O)C(=O)O)c1cc(O)no1. The van der Waals surface area contributed by atoms with Crippen molar-refractivity contribution in [2.24, 2.45) is 0 Å². The number of aliphatic hydroxyl groups is 1. The topological polar surface area (TPSA) is 156 Å². The lowest BCUT2D eigenvalue weighted by molar-refractivity contribution is -0.148. The molecule has 0 aliphatic heterocycles. The lowest BCUT2D eigenvalue weighted by Gasteiger charge is -2.24. The van der Waals surface area contributed by atoms with E-state index in [4.69, 9.17) is 5.11 Å². The molecule has 3 rings (SSSR count). The summed E-state index contributed by atoms with van der Waals surface area (Å²) in [6, 6.07) is 14.9. The van der Waals surface area contributed by atoms with Gasteiger partial charge in [-0.1, -0.05) is 42.5 Å². The first kappa shape index (κ1) is 20.8. The molecule has 0 spiro atoms. The first-order valence-corrected chi connectivity index (χ1v) is 8.83. The molecule has 156 valence electrons. The molecule has 2 aromatic carbocycles. The van der Waals surface area contributed by atoms with E-state index in [1.165, 1.54) is 5.01 Å². The number of carbonyl (C=O) groups is 2. The fraction of sp³-hybridized carbons (Fsp3) is 0.150. The van der Waals surface area contributed by atoms with Gasteiger partial charge in [-0.3, -0.25) is 10.2 Å². The molecule has 1 amide bonds. The second-order valence-electron chi connectivity index (χ2n) is 6.44. The highest BCUT2D eigenvalue weighted by atomic mass is 16.5. The number of benzene rings is 2. The van der Waals surface area contributed by atoms with E-state index in [0.29, 0.717) is 11.1 Å². The maximum absolute atomic E-state index is 12.2. The monoisotopic (exact) mass is 413 g/mol. The van der Waals surface area contributed by atoms with E-state index in [1.807, 2.05) is 0 Å². The van der Waals surface area contributed by atoms with Crippen LogP contribution < -0.4 is 5.43 Å². The first-order valence-electron chi connectivity index (χ1n) is 8.83. The molecule has 10 heteroatoms. The molecule has 1 atom stereocenters. The molecule has 10 nitrogen and oxygen atoms in total. The lowest BCUT2D eigenvalue weighted by atomic mass is 10.0. The Morgan fingerprint density at radius 1 is 1.10 bits per heavy atom. The number of phenolic OH excluding ortho intramolecular Hbond substituents is 1. The van der Waals surface area contributed by atoms with Crippen LogP contribution >= 0.6 is 0 Å². The molecule has 0 radical (unpaired) electrons. The number of aliphatic hydroxyl groups excluding tert-OH is 1. The predicted octanol–water partition coefficient (Wildman–Crippen LogP) is 1.35. The maximum atomic E-state index is 12.2. The lowest BCUT2D eigenvalue weighted by Crippen LogP contribution is -2.47. The van der Waals surface area contributed by atoms with Gasteiger partial charge in [-0.05, 0) is 22.3 Å². The van der Waals surface area contributed by atoms with Crippen LogP contribution in [0.25, 0.3) is 11.1 Å². The number of nitrogens with zero attached hydrogens (tertiary/aromatic N) is 2. The minimum atomic E-state index is -1.74. The summed E-state index contributed by atoms with van der Waals surface area (Å²) in [6.45, 7) is -0.334. The van der Waals surface area contributed by atoms with Crippen molar-refractivity contribution in [2.45, 2.75) is 12.6 Å². The van der Waals surface area contributed by atoms with Crippen LogP contribution in [-0.2, 0) is 11.3 Å². The highest BCUT2D eigenvalue weighted by molar-refractivity contribution is 5.91. The number of nitrogens with one attached hydrogen (secondary N) is 1. The summed E-state index contributed by atoms with van der Waals surface area (Å²) < 4.78 is 4.66. The molecule has 0 aliphatic rings. The van der Waals surface area contributed by atoms with Crippen LogP contribution in [0, 0.1) is 0 Å². The number of phenols is 1. The van der Waals surface area contributed by atoms with Gasteiger partial charge in [0, 0.05) is 12.1 Å². The number of amides is 1. The van der Waals surface area contributed by atoms with Crippen LogP contribution in [0.1, 0.15) is 16.1 Å². The van der Waals surface area contributed by atoms with Gasteiger partial charge in [0.25, 0.3) is 5.88 Å². The van der Waals surface area contributed by atoms with E-state index in [0.717, 1.165) is 11.6 Å². The molecular formula is C20H19N3O7.